The van der Waals surface area contributed by atoms with Gasteiger partial charge in [-0.15, -0.1) is 21.5 Å². The van der Waals surface area contributed by atoms with Gasteiger partial charge in [-0.2, -0.15) is 0 Å². The maximum absolute atomic E-state index is 4.36. The van der Waals surface area contributed by atoms with Gasteiger partial charge in [0.05, 0.1) is 4.88 Å². The van der Waals surface area contributed by atoms with E-state index >= 15 is 0 Å². The van der Waals surface area contributed by atoms with Crippen LogP contribution >= 0.6 is 22.7 Å². The molecule has 0 fully saturated rings. The lowest BCUT2D eigenvalue weighted by Crippen LogP contribution is -2.16. The number of hydrogen-bond acceptors (Lipinski definition) is 5. The summed E-state index contributed by atoms with van der Waals surface area (Å²) in [5.41, 5.74) is 0. The Morgan fingerprint density at radius 3 is 2.86 bits per heavy atom. The SMILES string of the molecule is CCCNCCCc1nnc(-c2cc3ccccc3s2)s1. The molecule has 21 heavy (non-hydrogen) atoms. The Balaban J connectivity index is 1.64. The summed E-state index contributed by atoms with van der Waals surface area (Å²) in [5.74, 6) is 0. The minimum atomic E-state index is 1.01. The zero-order valence-corrected chi connectivity index (χ0v) is 13.8. The van der Waals surface area contributed by atoms with E-state index in [1.165, 1.54) is 21.4 Å². The molecule has 2 heterocycles. The highest BCUT2D eigenvalue weighted by Gasteiger charge is 2.09. The smallest absolute Gasteiger partial charge is 0.157 e. The van der Waals surface area contributed by atoms with E-state index in [2.05, 4.69) is 52.8 Å². The highest BCUT2D eigenvalue weighted by atomic mass is 32.1. The molecule has 3 nitrogen and oxygen atoms in total. The number of aryl methyl sites for hydroxylation is 1. The third kappa shape index (κ3) is 3.67. The van der Waals surface area contributed by atoms with Crippen LogP contribution in [0.3, 0.4) is 0 Å². The fourth-order valence-electron chi connectivity index (χ4n) is 2.21. The maximum Gasteiger partial charge on any atom is 0.157 e. The fraction of sp³-hybridized carbons (Fsp3) is 0.375. The molecule has 1 N–H and O–H groups in total. The zero-order chi connectivity index (χ0) is 14.5. The monoisotopic (exact) mass is 317 g/mol. The van der Waals surface area contributed by atoms with Crippen molar-refractivity contribution in [1.82, 2.24) is 15.5 Å². The molecule has 0 spiro atoms. The molecule has 0 saturated heterocycles. The Bertz CT molecular complexity index is 669. The molecule has 0 saturated carbocycles. The standard InChI is InChI=1S/C16H19N3S2/c1-2-9-17-10-5-8-15-18-19-16(21-15)14-11-12-6-3-4-7-13(12)20-14/h3-4,6-7,11,17H,2,5,8-10H2,1H3. The molecular formula is C16H19N3S2. The number of rotatable bonds is 7. The van der Waals surface area contributed by atoms with Gasteiger partial charge in [0.25, 0.3) is 0 Å². The number of fused-ring (bicyclic) bond motifs is 1. The molecule has 0 bridgehead atoms. The van der Waals surface area contributed by atoms with Gasteiger partial charge in [-0.05, 0) is 43.5 Å². The van der Waals surface area contributed by atoms with Crippen molar-refractivity contribution in [3.63, 3.8) is 0 Å². The molecule has 0 aliphatic rings. The fourth-order valence-corrected chi connectivity index (χ4v) is 4.19. The maximum atomic E-state index is 4.36. The van der Waals surface area contributed by atoms with Crippen LogP contribution < -0.4 is 5.32 Å². The number of hydrogen-bond donors (Lipinski definition) is 1. The van der Waals surface area contributed by atoms with E-state index in [1.807, 2.05) is 0 Å². The summed E-state index contributed by atoms with van der Waals surface area (Å²) in [7, 11) is 0. The van der Waals surface area contributed by atoms with Gasteiger partial charge in [-0.25, -0.2) is 0 Å². The lowest BCUT2D eigenvalue weighted by Gasteiger charge is -1.99. The van der Waals surface area contributed by atoms with Crippen LogP contribution in [0.4, 0.5) is 0 Å². The van der Waals surface area contributed by atoms with E-state index in [4.69, 9.17) is 0 Å². The quantitative estimate of drug-likeness (QED) is 0.658. The van der Waals surface area contributed by atoms with Crippen molar-refractivity contribution in [3.05, 3.63) is 35.3 Å². The minimum absolute atomic E-state index is 1.01. The molecule has 0 atom stereocenters. The number of benzene rings is 1. The van der Waals surface area contributed by atoms with Crippen LogP contribution in [0.25, 0.3) is 20.0 Å². The van der Waals surface area contributed by atoms with Gasteiger partial charge in [0, 0.05) is 11.1 Å². The highest BCUT2D eigenvalue weighted by molar-refractivity contribution is 7.25. The van der Waals surface area contributed by atoms with Crippen LogP contribution in [-0.4, -0.2) is 23.3 Å². The van der Waals surface area contributed by atoms with Crippen LogP contribution in [0.1, 0.15) is 24.8 Å². The minimum Gasteiger partial charge on any atom is -0.317 e. The Morgan fingerprint density at radius 2 is 2.00 bits per heavy atom. The normalized spacial score (nSPS) is 11.3. The van der Waals surface area contributed by atoms with Crippen molar-refractivity contribution in [3.8, 4) is 9.88 Å². The predicted molar refractivity (Wildman–Crippen MR) is 92.2 cm³/mol. The molecule has 0 aliphatic heterocycles. The van der Waals surface area contributed by atoms with Gasteiger partial charge >= 0.3 is 0 Å². The van der Waals surface area contributed by atoms with E-state index < -0.39 is 0 Å². The van der Waals surface area contributed by atoms with Crippen LogP contribution in [0.2, 0.25) is 0 Å². The molecule has 0 radical (unpaired) electrons. The van der Waals surface area contributed by atoms with Crippen molar-refractivity contribution in [1.29, 1.82) is 0 Å². The average molecular weight is 317 g/mol. The molecule has 1 aromatic carbocycles. The first-order chi connectivity index (χ1) is 10.4. The topological polar surface area (TPSA) is 37.8 Å². The second-order valence-corrected chi connectivity index (χ2v) is 7.15. The first-order valence-electron chi connectivity index (χ1n) is 7.39. The lowest BCUT2D eigenvalue weighted by atomic mass is 10.2. The first kappa shape index (κ1) is 14.6. The molecule has 3 aromatic rings. The summed E-state index contributed by atoms with van der Waals surface area (Å²) in [5, 5.41) is 15.6. The molecule has 0 unspecified atom stereocenters. The second kappa shape index (κ2) is 7.11. The Labute approximate surface area is 133 Å². The number of nitrogens with one attached hydrogen (secondary N) is 1. The zero-order valence-electron chi connectivity index (χ0n) is 12.1. The summed E-state index contributed by atoms with van der Waals surface area (Å²) >= 11 is 3.52. The van der Waals surface area contributed by atoms with Gasteiger partial charge in [0.15, 0.2) is 5.01 Å². The van der Waals surface area contributed by atoms with E-state index in [-0.39, 0.29) is 0 Å². The van der Waals surface area contributed by atoms with E-state index in [9.17, 15) is 0 Å². The molecule has 0 aliphatic carbocycles. The molecule has 3 rings (SSSR count). The van der Waals surface area contributed by atoms with Crippen LogP contribution in [0, 0.1) is 0 Å². The average Bonchev–Trinajstić information content (AvgIpc) is 3.13. The molecule has 0 amide bonds. The Kier molecular flexibility index (Phi) is 4.95. The second-order valence-electron chi connectivity index (χ2n) is 5.00. The van der Waals surface area contributed by atoms with Crippen molar-refractivity contribution in [2.24, 2.45) is 0 Å². The summed E-state index contributed by atoms with van der Waals surface area (Å²) < 4.78 is 1.31. The third-order valence-electron chi connectivity index (χ3n) is 3.27. The highest BCUT2D eigenvalue weighted by Crippen LogP contribution is 2.34. The number of thiophene rings is 1. The van der Waals surface area contributed by atoms with E-state index in [0.29, 0.717) is 0 Å². The molecule has 5 heteroatoms. The van der Waals surface area contributed by atoms with Crippen LogP contribution in [-0.2, 0) is 6.42 Å². The van der Waals surface area contributed by atoms with Gasteiger partial charge in [-0.1, -0.05) is 36.5 Å². The Hall–Kier alpha value is -1.30. The van der Waals surface area contributed by atoms with Gasteiger partial charge in [0.2, 0.25) is 0 Å². The van der Waals surface area contributed by atoms with E-state index in [0.717, 1.165) is 35.9 Å². The predicted octanol–water partition coefficient (Wildman–Crippen LogP) is 4.35. The van der Waals surface area contributed by atoms with Gasteiger partial charge in [-0.3, -0.25) is 0 Å². The van der Waals surface area contributed by atoms with Crippen molar-refractivity contribution in [2.75, 3.05) is 13.1 Å². The molecular weight excluding hydrogens is 298 g/mol. The van der Waals surface area contributed by atoms with Gasteiger partial charge < -0.3 is 5.32 Å². The van der Waals surface area contributed by atoms with Crippen LogP contribution in [0.15, 0.2) is 30.3 Å². The van der Waals surface area contributed by atoms with Crippen molar-refractivity contribution < 1.29 is 0 Å². The van der Waals surface area contributed by atoms with Crippen LogP contribution in [0.5, 0.6) is 0 Å². The van der Waals surface area contributed by atoms with Crippen molar-refractivity contribution in [2.45, 2.75) is 26.2 Å². The lowest BCUT2D eigenvalue weighted by molar-refractivity contribution is 0.637. The molecule has 110 valence electrons. The first-order valence-corrected chi connectivity index (χ1v) is 9.02. The van der Waals surface area contributed by atoms with E-state index in [1.54, 1.807) is 22.7 Å². The third-order valence-corrected chi connectivity index (χ3v) is 5.54. The Morgan fingerprint density at radius 1 is 1.10 bits per heavy atom. The number of nitrogens with zero attached hydrogens (tertiary/aromatic N) is 2. The number of aromatic nitrogens is 2. The summed E-state index contributed by atoms with van der Waals surface area (Å²) in [6, 6.07) is 10.7. The largest absolute Gasteiger partial charge is 0.317 e. The summed E-state index contributed by atoms with van der Waals surface area (Å²) in [6.45, 7) is 4.35. The summed E-state index contributed by atoms with van der Waals surface area (Å²) in [6.07, 6.45) is 3.33. The van der Waals surface area contributed by atoms with Crippen molar-refractivity contribution >= 4 is 32.8 Å². The van der Waals surface area contributed by atoms with Gasteiger partial charge in [0.1, 0.15) is 5.01 Å². The molecule has 2 aromatic heterocycles. The summed E-state index contributed by atoms with van der Waals surface area (Å²) in [4.78, 5) is 1.23.